The van der Waals surface area contributed by atoms with Crippen LogP contribution < -0.4 is 0 Å². The molecule has 2 aliphatic rings. The SMILES string of the molecule is COC1OCC2OCOC2C1O. The summed E-state index contributed by atoms with van der Waals surface area (Å²) in [5.74, 6) is 0. The molecule has 4 atom stereocenters. The van der Waals surface area contributed by atoms with Gasteiger partial charge in [0.05, 0.1) is 6.61 Å². The van der Waals surface area contributed by atoms with Crippen LogP contribution in [-0.4, -0.2) is 50.2 Å². The van der Waals surface area contributed by atoms with Crippen molar-refractivity contribution in [2.24, 2.45) is 0 Å². The molecule has 2 aliphatic heterocycles. The van der Waals surface area contributed by atoms with Crippen LogP contribution in [0, 0.1) is 0 Å². The molecule has 5 nitrogen and oxygen atoms in total. The summed E-state index contributed by atoms with van der Waals surface area (Å²) in [6, 6.07) is 0. The van der Waals surface area contributed by atoms with E-state index in [1.54, 1.807) is 0 Å². The highest BCUT2D eigenvalue weighted by Gasteiger charge is 2.44. The van der Waals surface area contributed by atoms with Crippen LogP contribution >= 0.6 is 0 Å². The molecule has 12 heavy (non-hydrogen) atoms. The van der Waals surface area contributed by atoms with Gasteiger partial charge in [-0.3, -0.25) is 0 Å². The van der Waals surface area contributed by atoms with E-state index in [1.165, 1.54) is 7.11 Å². The Morgan fingerprint density at radius 2 is 2.17 bits per heavy atom. The third kappa shape index (κ3) is 1.23. The Kier molecular flexibility index (Phi) is 2.29. The number of aliphatic hydroxyl groups excluding tert-OH is 1. The first-order valence-electron chi connectivity index (χ1n) is 3.88. The molecule has 0 amide bonds. The number of aliphatic hydroxyl groups is 1. The number of methoxy groups -OCH3 is 1. The lowest BCUT2D eigenvalue weighted by Crippen LogP contribution is -2.52. The molecule has 0 bridgehead atoms. The number of hydrogen-bond donors (Lipinski definition) is 1. The van der Waals surface area contributed by atoms with Crippen LogP contribution in [0.1, 0.15) is 0 Å². The van der Waals surface area contributed by atoms with E-state index in [-0.39, 0.29) is 19.0 Å². The van der Waals surface area contributed by atoms with Gasteiger partial charge in [0.1, 0.15) is 25.1 Å². The number of hydrogen-bond acceptors (Lipinski definition) is 5. The van der Waals surface area contributed by atoms with Gasteiger partial charge >= 0.3 is 0 Å². The van der Waals surface area contributed by atoms with Gasteiger partial charge in [0.15, 0.2) is 6.29 Å². The van der Waals surface area contributed by atoms with Gasteiger partial charge in [-0.25, -0.2) is 0 Å². The van der Waals surface area contributed by atoms with Crippen LogP contribution in [0.15, 0.2) is 0 Å². The Morgan fingerprint density at radius 3 is 2.92 bits per heavy atom. The highest BCUT2D eigenvalue weighted by atomic mass is 16.8. The van der Waals surface area contributed by atoms with Crippen molar-refractivity contribution in [1.29, 1.82) is 0 Å². The lowest BCUT2D eigenvalue weighted by Gasteiger charge is -2.33. The first kappa shape index (κ1) is 8.40. The minimum absolute atomic E-state index is 0.147. The Morgan fingerprint density at radius 1 is 1.33 bits per heavy atom. The minimum Gasteiger partial charge on any atom is -0.385 e. The topological polar surface area (TPSA) is 57.2 Å². The summed E-state index contributed by atoms with van der Waals surface area (Å²) >= 11 is 0. The molecule has 0 saturated carbocycles. The number of ether oxygens (including phenoxy) is 4. The maximum absolute atomic E-state index is 9.58. The lowest BCUT2D eigenvalue weighted by atomic mass is 10.1. The maximum atomic E-state index is 9.58. The molecule has 2 rings (SSSR count). The zero-order valence-electron chi connectivity index (χ0n) is 6.80. The minimum atomic E-state index is -0.753. The van der Waals surface area contributed by atoms with Gasteiger partial charge in [-0.15, -0.1) is 0 Å². The molecule has 0 spiro atoms. The van der Waals surface area contributed by atoms with Gasteiger partial charge in [0.2, 0.25) is 0 Å². The lowest BCUT2D eigenvalue weighted by molar-refractivity contribution is -0.240. The van der Waals surface area contributed by atoms with Crippen molar-refractivity contribution in [2.75, 3.05) is 20.5 Å². The van der Waals surface area contributed by atoms with Crippen LogP contribution in [0.3, 0.4) is 0 Å². The fraction of sp³-hybridized carbons (Fsp3) is 1.00. The summed E-state index contributed by atoms with van der Waals surface area (Å²) in [5.41, 5.74) is 0. The molecular formula is C7H12O5. The zero-order chi connectivity index (χ0) is 8.55. The maximum Gasteiger partial charge on any atom is 0.185 e. The summed E-state index contributed by atoms with van der Waals surface area (Å²) in [6.45, 7) is 0.645. The molecule has 0 radical (unpaired) electrons. The summed E-state index contributed by atoms with van der Waals surface area (Å²) < 4.78 is 20.4. The van der Waals surface area contributed by atoms with Gasteiger partial charge in [0.25, 0.3) is 0 Å². The monoisotopic (exact) mass is 176 g/mol. The largest absolute Gasteiger partial charge is 0.385 e. The summed E-state index contributed by atoms with van der Waals surface area (Å²) in [4.78, 5) is 0. The van der Waals surface area contributed by atoms with E-state index in [9.17, 15) is 5.11 Å². The normalized spacial score (nSPS) is 47.5. The fourth-order valence-electron chi connectivity index (χ4n) is 1.52. The van der Waals surface area contributed by atoms with Gasteiger partial charge in [-0.05, 0) is 0 Å². The molecule has 2 heterocycles. The van der Waals surface area contributed by atoms with E-state index >= 15 is 0 Å². The van der Waals surface area contributed by atoms with Crippen molar-refractivity contribution >= 4 is 0 Å². The average molecular weight is 176 g/mol. The first-order valence-corrected chi connectivity index (χ1v) is 3.88. The second kappa shape index (κ2) is 3.27. The highest BCUT2D eigenvalue weighted by Crippen LogP contribution is 2.25. The molecular weight excluding hydrogens is 164 g/mol. The molecule has 2 saturated heterocycles. The molecule has 70 valence electrons. The second-order valence-corrected chi connectivity index (χ2v) is 2.88. The predicted octanol–water partition coefficient (Wildman–Crippen LogP) is -0.909. The van der Waals surface area contributed by atoms with Gasteiger partial charge < -0.3 is 24.1 Å². The second-order valence-electron chi connectivity index (χ2n) is 2.88. The molecule has 0 aromatic carbocycles. The molecule has 4 unspecified atom stereocenters. The van der Waals surface area contributed by atoms with E-state index in [0.29, 0.717) is 6.61 Å². The molecule has 1 N–H and O–H groups in total. The standard InChI is InChI=1S/C7H12O5/c1-9-7-5(8)6-4(2-10-7)11-3-12-6/h4-8H,2-3H2,1H3. The van der Waals surface area contributed by atoms with E-state index in [1.807, 2.05) is 0 Å². The first-order chi connectivity index (χ1) is 5.83. The van der Waals surface area contributed by atoms with E-state index in [0.717, 1.165) is 0 Å². The summed E-state index contributed by atoms with van der Waals surface area (Å²) in [7, 11) is 1.49. The summed E-state index contributed by atoms with van der Waals surface area (Å²) in [5, 5.41) is 9.58. The Hall–Kier alpha value is -0.200. The van der Waals surface area contributed by atoms with Crippen molar-refractivity contribution in [3.8, 4) is 0 Å². The Labute approximate surface area is 70.2 Å². The Bertz CT molecular complexity index is 162. The van der Waals surface area contributed by atoms with Crippen molar-refractivity contribution in [2.45, 2.75) is 24.6 Å². The van der Waals surface area contributed by atoms with Crippen LogP contribution in [0.25, 0.3) is 0 Å². The fourth-order valence-corrected chi connectivity index (χ4v) is 1.52. The van der Waals surface area contributed by atoms with Crippen molar-refractivity contribution in [3.05, 3.63) is 0 Å². The van der Waals surface area contributed by atoms with Gasteiger partial charge in [-0.1, -0.05) is 0 Å². The van der Waals surface area contributed by atoms with E-state index < -0.39 is 12.4 Å². The molecule has 2 fully saturated rings. The van der Waals surface area contributed by atoms with Crippen LogP contribution in [-0.2, 0) is 18.9 Å². The third-order valence-corrected chi connectivity index (χ3v) is 2.18. The van der Waals surface area contributed by atoms with Crippen molar-refractivity contribution in [1.82, 2.24) is 0 Å². The van der Waals surface area contributed by atoms with Crippen molar-refractivity contribution < 1.29 is 24.1 Å². The number of rotatable bonds is 1. The zero-order valence-corrected chi connectivity index (χ0v) is 6.80. The average Bonchev–Trinajstić information content (AvgIpc) is 2.53. The van der Waals surface area contributed by atoms with E-state index in [2.05, 4.69) is 0 Å². The highest BCUT2D eigenvalue weighted by molar-refractivity contribution is 4.87. The molecule has 0 aromatic heterocycles. The predicted molar refractivity (Wildman–Crippen MR) is 37.4 cm³/mol. The molecule has 5 heteroatoms. The quantitative estimate of drug-likeness (QED) is 0.560. The third-order valence-electron chi connectivity index (χ3n) is 2.18. The van der Waals surface area contributed by atoms with Crippen LogP contribution in [0.5, 0.6) is 0 Å². The summed E-state index contributed by atoms with van der Waals surface area (Å²) in [6.07, 6.45) is -1.79. The Balaban J connectivity index is 2.02. The van der Waals surface area contributed by atoms with Crippen LogP contribution in [0.2, 0.25) is 0 Å². The van der Waals surface area contributed by atoms with E-state index in [4.69, 9.17) is 18.9 Å². The van der Waals surface area contributed by atoms with Crippen LogP contribution in [0.4, 0.5) is 0 Å². The van der Waals surface area contributed by atoms with Gasteiger partial charge in [-0.2, -0.15) is 0 Å². The van der Waals surface area contributed by atoms with Crippen molar-refractivity contribution in [3.63, 3.8) is 0 Å². The number of fused-ring (bicyclic) bond motifs is 1. The van der Waals surface area contributed by atoms with Gasteiger partial charge in [0, 0.05) is 7.11 Å². The smallest absolute Gasteiger partial charge is 0.185 e. The molecule has 0 aromatic rings. The molecule has 0 aliphatic carbocycles.